The van der Waals surface area contributed by atoms with E-state index in [2.05, 4.69) is 39.2 Å². The SMILES string of the molecule is CCOC(=O)c1cn(C2CC2)c2c(OC(C(=O)OC(C)(C)C)[C@@H]3C[C@H](CO[Si](C)(C)C(C)(C)C)CN3)c(F)c(F)cc2c1=O. The summed E-state index contributed by atoms with van der Waals surface area (Å²) in [5.74, 6) is -4.79. The number of fused-ring (bicyclic) bond motifs is 1. The van der Waals surface area contributed by atoms with Crippen LogP contribution in [-0.4, -0.2) is 62.3 Å². The lowest BCUT2D eigenvalue weighted by Gasteiger charge is -2.37. The van der Waals surface area contributed by atoms with Crippen LogP contribution in [0.5, 0.6) is 5.75 Å². The molecule has 1 aromatic heterocycles. The van der Waals surface area contributed by atoms with Crippen LogP contribution in [0.15, 0.2) is 17.1 Å². The van der Waals surface area contributed by atoms with E-state index >= 15 is 8.78 Å². The molecule has 3 atom stereocenters. The molecule has 44 heavy (non-hydrogen) atoms. The lowest BCUT2D eigenvalue weighted by atomic mass is 10.0. The van der Waals surface area contributed by atoms with E-state index in [0.29, 0.717) is 32.4 Å². The molecule has 1 saturated carbocycles. The van der Waals surface area contributed by atoms with E-state index in [1.54, 1.807) is 32.3 Å². The number of nitrogens with one attached hydrogen (secondary N) is 1. The summed E-state index contributed by atoms with van der Waals surface area (Å²) in [6.07, 6.45) is 1.83. The van der Waals surface area contributed by atoms with Crippen molar-refractivity contribution in [3.05, 3.63) is 39.7 Å². The zero-order chi connectivity index (χ0) is 32.8. The fourth-order valence-electron chi connectivity index (χ4n) is 5.06. The van der Waals surface area contributed by atoms with Gasteiger partial charge in [-0.05, 0) is 77.1 Å². The van der Waals surface area contributed by atoms with Gasteiger partial charge in [-0.2, -0.15) is 4.39 Å². The lowest BCUT2D eigenvalue weighted by molar-refractivity contribution is -0.164. The fourth-order valence-corrected chi connectivity index (χ4v) is 6.14. The second-order valence-electron chi connectivity index (χ2n) is 14.4. The van der Waals surface area contributed by atoms with Gasteiger partial charge in [-0.15, -0.1) is 0 Å². The summed E-state index contributed by atoms with van der Waals surface area (Å²) < 4.78 is 55.7. The molecule has 1 aliphatic carbocycles. The Morgan fingerprint density at radius 2 is 1.80 bits per heavy atom. The van der Waals surface area contributed by atoms with Gasteiger partial charge in [0.2, 0.25) is 17.3 Å². The van der Waals surface area contributed by atoms with Gasteiger partial charge in [0.05, 0.1) is 23.6 Å². The van der Waals surface area contributed by atoms with Crippen molar-refractivity contribution in [3.63, 3.8) is 0 Å². The van der Waals surface area contributed by atoms with Crippen LogP contribution < -0.4 is 15.5 Å². The third-order valence-electron chi connectivity index (χ3n) is 8.59. The summed E-state index contributed by atoms with van der Waals surface area (Å²) in [5, 5.41) is 3.11. The summed E-state index contributed by atoms with van der Waals surface area (Å²) in [6, 6.07) is 0.00171. The molecule has 1 aliphatic heterocycles. The van der Waals surface area contributed by atoms with E-state index in [4.69, 9.17) is 18.6 Å². The van der Waals surface area contributed by atoms with Crippen LogP contribution in [-0.2, 0) is 18.7 Å². The number of rotatable bonds is 10. The van der Waals surface area contributed by atoms with Crippen LogP contribution in [0.4, 0.5) is 8.78 Å². The Morgan fingerprint density at radius 1 is 1.14 bits per heavy atom. The average molecular weight is 637 g/mol. The van der Waals surface area contributed by atoms with Crippen LogP contribution in [0, 0.1) is 17.6 Å². The van der Waals surface area contributed by atoms with Crippen molar-refractivity contribution in [3.8, 4) is 5.75 Å². The highest BCUT2D eigenvalue weighted by molar-refractivity contribution is 6.74. The molecule has 1 saturated heterocycles. The molecule has 2 fully saturated rings. The number of nitrogens with zero attached hydrogens (tertiary/aromatic N) is 1. The minimum atomic E-state index is -2.02. The van der Waals surface area contributed by atoms with Crippen molar-refractivity contribution in [1.82, 2.24) is 9.88 Å². The van der Waals surface area contributed by atoms with Crippen LogP contribution in [0.3, 0.4) is 0 Å². The number of pyridine rings is 1. The molecule has 0 spiro atoms. The molecule has 244 valence electrons. The van der Waals surface area contributed by atoms with Crippen LogP contribution in [0.1, 0.15) is 84.1 Å². The zero-order valence-corrected chi connectivity index (χ0v) is 28.3. The average Bonchev–Trinajstić information content (AvgIpc) is 3.64. The molecule has 1 aromatic carbocycles. The predicted molar refractivity (Wildman–Crippen MR) is 166 cm³/mol. The molecule has 1 unspecified atom stereocenters. The standard InChI is InChI=1S/C32H46F2N2O7Si/c1-10-40-29(38)21-16-36(19-11-12-19)25-20(26(21)37)14-22(33)24(34)28(25)42-27(30(39)43-31(2,3)4)23-13-18(15-35-23)17-41-44(8,9)32(5,6)7/h14,16,18-19,23,27,35H,10-13,15,17H2,1-9H3/t18-,23-,27?/m0/s1. The molecule has 12 heteroatoms. The molecule has 2 aliphatic rings. The van der Waals surface area contributed by atoms with E-state index in [-0.39, 0.29) is 40.1 Å². The first-order valence-corrected chi connectivity index (χ1v) is 18.3. The zero-order valence-electron chi connectivity index (χ0n) is 27.3. The third-order valence-corrected chi connectivity index (χ3v) is 13.1. The molecule has 2 heterocycles. The number of esters is 2. The highest BCUT2D eigenvalue weighted by Gasteiger charge is 2.43. The Hall–Kier alpha value is -2.83. The number of hydrogen-bond acceptors (Lipinski definition) is 8. The van der Waals surface area contributed by atoms with Gasteiger partial charge >= 0.3 is 11.9 Å². The predicted octanol–water partition coefficient (Wildman–Crippen LogP) is 5.88. The molecule has 0 amide bonds. The summed E-state index contributed by atoms with van der Waals surface area (Å²) in [4.78, 5) is 39.6. The van der Waals surface area contributed by atoms with Crippen molar-refractivity contribution in [2.24, 2.45) is 5.92 Å². The maximum atomic E-state index is 15.7. The quantitative estimate of drug-likeness (QED) is 0.255. The Morgan fingerprint density at radius 3 is 2.36 bits per heavy atom. The molecule has 2 aromatic rings. The molecule has 9 nitrogen and oxygen atoms in total. The van der Waals surface area contributed by atoms with Gasteiger partial charge in [-0.1, -0.05) is 20.8 Å². The number of aromatic nitrogens is 1. The van der Waals surface area contributed by atoms with Crippen molar-refractivity contribution in [2.45, 2.75) is 110 Å². The smallest absolute Gasteiger partial charge is 0.349 e. The first-order chi connectivity index (χ1) is 20.3. The van der Waals surface area contributed by atoms with Crippen molar-refractivity contribution in [1.29, 1.82) is 0 Å². The largest absolute Gasteiger partial charge is 0.472 e. The maximum Gasteiger partial charge on any atom is 0.349 e. The molecule has 4 rings (SSSR count). The summed E-state index contributed by atoms with van der Waals surface area (Å²) in [7, 11) is -2.02. The summed E-state index contributed by atoms with van der Waals surface area (Å²) >= 11 is 0. The second kappa shape index (κ2) is 12.5. The highest BCUT2D eigenvalue weighted by Crippen LogP contribution is 2.42. The summed E-state index contributed by atoms with van der Waals surface area (Å²) in [5.41, 5.74) is -1.99. The first kappa shape index (κ1) is 34.0. The molecule has 1 N–H and O–H groups in total. The topological polar surface area (TPSA) is 105 Å². The van der Waals surface area contributed by atoms with E-state index in [9.17, 15) is 14.4 Å². The van der Waals surface area contributed by atoms with E-state index in [1.165, 1.54) is 6.20 Å². The Labute approximate surface area is 258 Å². The number of hydrogen-bond donors (Lipinski definition) is 1. The Balaban J connectivity index is 1.75. The van der Waals surface area contributed by atoms with Gasteiger partial charge in [-0.25, -0.2) is 14.0 Å². The maximum absolute atomic E-state index is 15.7. The fraction of sp³-hybridized carbons (Fsp3) is 0.656. The van der Waals surface area contributed by atoms with Crippen molar-refractivity contribution >= 4 is 31.2 Å². The number of ether oxygens (including phenoxy) is 3. The van der Waals surface area contributed by atoms with E-state index in [0.717, 1.165) is 6.07 Å². The molecular formula is C32H46F2N2O7Si. The van der Waals surface area contributed by atoms with Gasteiger partial charge in [0.1, 0.15) is 11.2 Å². The normalized spacial score (nSPS) is 20.1. The molecular weight excluding hydrogens is 590 g/mol. The van der Waals surface area contributed by atoms with Gasteiger partial charge < -0.3 is 28.5 Å². The van der Waals surface area contributed by atoms with Crippen LogP contribution in [0.25, 0.3) is 10.9 Å². The number of halogens is 2. The monoisotopic (exact) mass is 636 g/mol. The van der Waals surface area contributed by atoms with Gasteiger partial charge in [0.25, 0.3) is 0 Å². The second-order valence-corrected chi connectivity index (χ2v) is 19.2. The van der Waals surface area contributed by atoms with Gasteiger partial charge in [-0.3, -0.25) is 4.79 Å². The minimum Gasteiger partial charge on any atom is -0.472 e. The number of carbonyl (C=O) groups excluding carboxylic acids is 2. The minimum absolute atomic E-state index is 0.0196. The van der Waals surface area contributed by atoms with E-state index < -0.39 is 60.8 Å². The summed E-state index contributed by atoms with van der Waals surface area (Å²) in [6.45, 7) is 18.6. The van der Waals surface area contributed by atoms with Gasteiger partial charge in [0.15, 0.2) is 19.9 Å². The van der Waals surface area contributed by atoms with Crippen LogP contribution in [0.2, 0.25) is 18.1 Å². The highest BCUT2D eigenvalue weighted by atomic mass is 28.4. The first-order valence-electron chi connectivity index (χ1n) is 15.4. The van der Waals surface area contributed by atoms with Crippen molar-refractivity contribution < 1.29 is 37.0 Å². The molecule has 0 bridgehead atoms. The lowest BCUT2D eigenvalue weighted by Crippen LogP contribution is -2.47. The number of benzene rings is 1. The number of carbonyl (C=O) groups is 2. The third kappa shape index (κ3) is 7.34. The molecule has 0 radical (unpaired) electrons. The van der Waals surface area contributed by atoms with E-state index in [1.807, 2.05) is 0 Å². The Bertz CT molecular complexity index is 1470. The van der Waals surface area contributed by atoms with Gasteiger partial charge in [0, 0.05) is 25.4 Å². The van der Waals surface area contributed by atoms with Crippen molar-refractivity contribution in [2.75, 3.05) is 19.8 Å². The van der Waals surface area contributed by atoms with Crippen LogP contribution >= 0.6 is 0 Å². The Kier molecular flexibility index (Phi) is 9.68.